The summed E-state index contributed by atoms with van der Waals surface area (Å²) in [4.78, 5) is 24.1. The summed E-state index contributed by atoms with van der Waals surface area (Å²) in [5.41, 5.74) is 0. The van der Waals surface area contributed by atoms with Crippen LogP contribution in [0.3, 0.4) is 0 Å². The molecule has 0 saturated carbocycles. The Kier molecular flexibility index (Phi) is 6.49. The Morgan fingerprint density at radius 2 is 2.28 bits per heavy atom. The number of piperidine rings is 1. The van der Waals surface area contributed by atoms with Crippen LogP contribution in [0, 0.1) is 5.92 Å². The van der Waals surface area contributed by atoms with Crippen molar-refractivity contribution in [3.05, 3.63) is 0 Å². The van der Waals surface area contributed by atoms with Gasteiger partial charge in [-0.2, -0.15) is 0 Å². The Hall–Kier alpha value is -1.30. The highest BCUT2D eigenvalue weighted by Gasteiger charge is 2.23. The third-order valence-corrected chi connectivity index (χ3v) is 3.16. The van der Waals surface area contributed by atoms with Gasteiger partial charge in [-0.05, 0) is 25.2 Å². The Morgan fingerprint density at radius 1 is 1.50 bits per heavy atom. The zero-order valence-corrected chi connectivity index (χ0v) is 10.9. The molecule has 1 unspecified atom stereocenters. The van der Waals surface area contributed by atoms with Crippen molar-refractivity contribution in [3.63, 3.8) is 0 Å². The van der Waals surface area contributed by atoms with Crippen molar-refractivity contribution in [1.29, 1.82) is 0 Å². The molecule has 0 spiro atoms. The number of ether oxygens (including phenoxy) is 1. The molecule has 2 amide bonds. The molecule has 1 aliphatic rings. The van der Waals surface area contributed by atoms with Crippen LogP contribution in [0.2, 0.25) is 0 Å². The maximum atomic E-state index is 11.8. The zero-order chi connectivity index (χ0) is 13.4. The number of amides is 2. The third-order valence-electron chi connectivity index (χ3n) is 3.16. The molecule has 1 aliphatic heterocycles. The number of urea groups is 1. The predicted molar refractivity (Wildman–Crippen MR) is 66.4 cm³/mol. The second-order valence-electron chi connectivity index (χ2n) is 4.61. The molecule has 0 aromatic heterocycles. The van der Waals surface area contributed by atoms with Crippen molar-refractivity contribution in [1.82, 2.24) is 10.2 Å². The average molecular weight is 258 g/mol. The number of nitrogens with zero attached hydrogens (tertiary/aromatic N) is 1. The number of carboxylic acids is 1. The first-order valence-electron chi connectivity index (χ1n) is 6.37. The quantitative estimate of drug-likeness (QED) is 0.694. The number of nitrogens with one attached hydrogen (secondary N) is 1. The second kappa shape index (κ2) is 7.92. The van der Waals surface area contributed by atoms with E-state index in [1.807, 2.05) is 0 Å². The summed E-state index contributed by atoms with van der Waals surface area (Å²) in [6.45, 7) is 2.42. The van der Waals surface area contributed by atoms with Gasteiger partial charge in [-0.1, -0.05) is 0 Å². The van der Waals surface area contributed by atoms with Gasteiger partial charge in [-0.3, -0.25) is 4.79 Å². The van der Waals surface area contributed by atoms with Crippen LogP contribution in [0.15, 0.2) is 0 Å². The van der Waals surface area contributed by atoms with Crippen molar-refractivity contribution in [2.45, 2.75) is 25.7 Å². The fourth-order valence-electron chi connectivity index (χ4n) is 2.18. The third kappa shape index (κ3) is 5.35. The summed E-state index contributed by atoms with van der Waals surface area (Å²) in [7, 11) is 1.59. The molecule has 0 radical (unpaired) electrons. The largest absolute Gasteiger partial charge is 0.481 e. The van der Waals surface area contributed by atoms with Gasteiger partial charge in [-0.25, -0.2) is 4.79 Å². The minimum atomic E-state index is -0.767. The standard InChI is InChI=1S/C12H22N2O4/c1-18-8-6-13-12(17)14-7-2-3-10(9-14)4-5-11(15)16/h10H,2-9H2,1H3,(H,13,17)(H,15,16). The first-order valence-corrected chi connectivity index (χ1v) is 6.37. The Labute approximate surface area is 107 Å². The Bertz CT molecular complexity index is 283. The number of likely N-dealkylation sites (tertiary alicyclic amines) is 1. The van der Waals surface area contributed by atoms with E-state index in [1.54, 1.807) is 12.0 Å². The van der Waals surface area contributed by atoms with Crippen LogP contribution < -0.4 is 5.32 Å². The van der Waals surface area contributed by atoms with Crippen molar-refractivity contribution < 1.29 is 19.4 Å². The van der Waals surface area contributed by atoms with Crippen LogP contribution in [-0.2, 0) is 9.53 Å². The van der Waals surface area contributed by atoms with Gasteiger partial charge in [0.05, 0.1) is 6.61 Å². The van der Waals surface area contributed by atoms with Crippen molar-refractivity contribution in [3.8, 4) is 0 Å². The number of aliphatic carboxylic acids is 1. The monoisotopic (exact) mass is 258 g/mol. The molecule has 0 aliphatic carbocycles. The van der Waals surface area contributed by atoms with Gasteiger partial charge in [-0.15, -0.1) is 0 Å². The highest BCUT2D eigenvalue weighted by atomic mass is 16.5. The normalized spacial score (nSPS) is 19.6. The summed E-state index contributed by atoms with van der Waals surface area (Å²) in [6, 6.07) is -0.0768. The van der Waals surface area contributed by atoms with Crippen LogP contribution in [0.4, 0.5) is 4.79 Å². The number of carboxylic acid groups (broad SMARTS) is 1. The molecule has 0 aromatic rings. The molecule has 1 rings (SSSR count). The lowest BCUT2D eigenvalue weighted by Crippen LogP contribution is -2.46. The van der Waals surface area contributed by atoms with E-state index >= 15 is 0 Å². The van der Waals surface area contributed by atoms with Crippen LogP contribution in [0.5, 0.6) is 0 Å². The molecule has 18 heavy (non-hydrogen) atoms. The zero-order valence-electron chi connectivity index (χ0n) is 10.9. The van der Waals surface area contributed by atoms with Gasteiger partial charge >= 0.3 is 12.0 Å². The lowest BCUT2D eigenvalue weighted by atomic mass is 9.93. The molecule has 0 bridgehead atoms. The number of rotatable bonds is 6. The fourth-order valence-corrected chi connectivity index (χ4v) is 2.18. The van der Waals surface area contributed by atoms with E-state index in [4.69, 9.17) is 9.84 Å². The van der Waals surface area contributed by atoms with E-state index in [0.717, 1.165) is 19.4 Å². The second-order valence-corrected chi connectivity index (χ2v) is 4.61. The van der Waals surface area contributed by atoms with E-state index in [-0.39, 0.29) is 12.5 Å². The molecular weight excluding hydrogens is 236 g/mol. The lowest BCUT2D eigenvalue weighted by Gasteiger charge is -2.32. The molecule has 1 heterocycles. The van der Waals surface area contributed by atoms with Crippen LogP contribution in [0.1, 0.15) is 25.7 Å². The molecule has 1 saturated heterocycles. The van der Waals surface area contributed by atoms with E-state index in [2.05, 4.69) is 5.32 Å². The number of hydrogen-bond donors (Lipinski definition) is 2. The SMILES string of the molecule is COCCNC(=O)N1CCCC(CCC(=O)O)C1. The molecule has 1 fully saturated rings. The van der Waals surface area contributed by atoms with E-state index in [0.29, 0.717) is 32.0 Å². The Balaban J connectivity index is 2.28. The molecule has 104 valence electrons. The summed E-state index contributed by atoms with van der Waals surface area (Å²) in [5.74, 6) is -0.459. The van der Waals surface area contributed by atoms with Crippen LogP contribution in [0.25, 0.3) is 0 Å². The van der Waals surface area contributed by atoms with Gasteiger partial charge in [0.2, 0.25) is 0 Å². The fraction of sp³-hybridized carbons (Fsp3) is 0.833. The number of methoxy groups -OCH3 is 1. The molecule has 6 heteroatoms. The van der Waals surface area contributed by atoms with Gasteiger partial charge in [0.25, 0.3) is 0 Å². The van der Waals surface area contributed by atoms with E-state index in [1.165, 1.54) is 0 Å². The lowest BCUT2D eigenvalue weighted by molar-refractivity contribution is -0.137. The van der Waals surface area contributed by atoms with E-state index < -0.39 is 5.97 Å². The van der Waals surface area contributed by atoms with Crippen molar-refractivity contribution in [2.24, 2.45) is 5.92 Å². The highest BCUT2D eigenvalue weighted by Crippen LogP contribution is 2.20. The average Bonchev–Trinajstić information content (AvgIpc) is 2.37. The smallest absolute Gasteiger partial charge is 0.317 e. The van der Waals surface area contributed by atoms with Crippen LogP contribution in [-0.4, -0.2) is 55.4 Å². The Morgan fingerprint density at radius 3 is 2.94 bits per heavy atom. The molecule has 2 N–H and O–H groups in total. The molecule has 1 atom stereocenters. The van der Waals surface area contributed by atoms with Gasteiger partial charge in [0.1, 0.15) is 0 Å². The summed E-state index contributed by atoms with van der Waals surface area (Å²) in [5, 5.41) is 11.4. The van der Waals surface area contributed by atoms with Gasteiger partial charge in [0.15, 0.2) is 0 Å². The first kappa shape index (κ1) is 14.8. The van der Waals surface area contributed by atoms with Crippen LogP contribution >= 0.6 is 0 Å². The van der Waals surface area contributed by atoms with Crippen molar-refractivity contribution in [2.75, 3.05) is 33.4 Å². The summed E-state index contributed by atoms with van der Waals surface area (Å²) in [6.07, 6.45) is 2.79. The molecule has 6 nitrogen and oxygen atoms in total. The van der Waals surface area contributed by atoms with Crippen molar-refractivity contribution >= 4 is 12.0 Å². The minimum Gasteiger partial charge on any atom is -0.481 e. The van der Waals surface area contributed by atoms with E-state index in [9.17, 15) is 9.59 Å². The summed E-state index contributed by atoms with van der Waals surface area (Å²) >= 11 is 0. The first-order chi connectivity index (χ1) is 8.63. The summed E-state index contributed by atoms with van der Waals surface area (Å²) < 4.78 is 4.87. The maximum Gasteiger partial charge on any atom is 0.317 e. The topological polar surface area (TPSA) is 78.9 Å². The maximum absolute atomic E-state index is 11.8. The predicted octanol–water partition coefficient (Wildman–Crippen LogP) is 0.919. The number of carbonyl (C=O) groups is 2. The minimum absolute atomic E-state index is 0.0768. The highest BCUT2D eigenvalue weighted by molar-refractivity contribution is 5.74. The van der Waals surface area contributed by atoms with Gasteiger partial charge in [0, 0.05) is 33.2 Å². The molecule has 0 aromatic carbocycles. The number of carbonyl (C=O) groups excluding carboxylic acids is 1. The number of hydrogen-bond acceptors (Lipinski definition) is 3. The molecular formula is C12H22N2O4. The van der Waals surface area contributed by atoms with Gasteiger partial charge < -0.3 is 20.1 Å².